The Morgan fingerprint density at radius 3 is 2.37 bits per heavy atom. The maximum Gasteiger partial charge on any atom is 0.235 e. The summed E-state index contributed by atoms with van der Waals surface area (Å²) < 4.78 is 5.96. The van der Waals surface area contributed by atoms with Crippen LogP contribution in [0.15, 0.2) is 59.0 Å². The zero-order valence-electron chi connectivity index (χ0n) is 14.8. The molecule has 0 spiro atoms. The quantitative estimate of drug-likeness (QED) is 0.681. The molecule has 1 aromatic heterocycles. The summed E-state index contributed by atoms with van der Waals surface area (Å²) in [5.41, 5.74) is 2.45. The van der Waals surface area contributed by atoms with E-state index in [9.17, 15) is 5.26 Å². The molecule has 0 aliphatic carbocycles. The third-order valence-corrected chi connectivity index (χ3v) is 4.97. The molecule has 2 heterocycles. The van der Waals surface area contributed by atoms with Gasteiger partial charge in [-0.25, -0.2) is 0 Å². The molecular weight excluding hydrogens is 360 g/mol. The highest BCUT2D eigenvalue weighted by atomic mass is 35.5. The predicted octanol–water partition coefficient (Wildman–Crippen LogP) is 4.19. The molecular formula is C21H19ClN4O. The second-order valence-corrected chi connectivity index (χ2v) is 6.98. The zero-order chi connectivity index (χ0) is 18.6. The second kappa shape index (κ2) is 7.83. The van der Waals surface area contributed by atoms with E-state index in [1.807, 2.05) is 18.2 Å². The molecule has 6 heteroatoms. The van der Waals surface area contributed by atoms with Gasteiger partial charge in [-0.2, -0.15) is 10.2 Å². The number of oxazole rings is 1. The van der Waals surface area contributed by atoms with Crippen molar-refractivity contribution in [2.24, 2.45) is 0 Å². The molecule has 1 aliphatic rings. The molecule has 3 aromatic rings. The summed E-state index contributed by atoms with van der Waals surface area (Å²) in [7, 11) is 0. The standard InChI is InChI=1S/C21H19ClN4O/c22-18-8-6-17(7-9-18)20-24-19(14-23)21(27-20)26-12-10-25(11-13-26)15-16-4-2-1-3-5-16/h1-9H,10-13,15H2. The summed E-state index contributed by atoms with van der Waals surface area (Å²) in [6.45, 7) is 4.37. The van der Waals surface area contributed by atoms with Crippen LogP contribution >= 0.6 is 11.6 Å². The van der Waals surface area contributed by atoms with Crippen LogP contribution in [0, 0.1) is 11.3 Å². The number of piperazine rings is 1. The van der Waals surface area contributed by atoms with E-state index in [0.29, 0.717) is 22.5 Å². The molecule has 0 radical (unpaired) electrons. The van der Waals surface area contributed by atoms with Gasteiger partial charge in [0.25, 0.3) is 0 Å². The van der Waals surface area contributed by atoms with E-state index in [-0.39, 0.29) is 0 Å². The summed E-state index contributed by atoms with van der Waals surface area (Å²) in [6.07, 6.45) is 0. The van der Waals surface area contributed by atoms with Crippen LogP contribution < -0.4 is 4.90 Å². The van der Waals surface area contributed by atoms with Crippen LogP contribution in [-0.4, -0.2) is 36.1 Å². The minimum absolute atomic E-state index is 0.330. The Morgan fingerprint density at radius 1 is 1.00 bits per heavy atom. The van der Waals surface area contributed by atoms with Gasteiger partial charge in [0.2, 0.25) is 17.5 Å². The molecule has 0 atom stereocenters. The number of halogens is 1. The minimum atomic E-state index is 0.330. The first-order chi connectivity index (χ1) is 13.2. The first-order valence-corrected chi connectivity index (χ1v) is 9.29. The van der Waals surface area contributed by atoms with Gasteiger partial charge in [0.1, 0.15) is 6.07 Å². The summed E-state index contributed by atoms with van der Waals surface area (Å²) >= 11 is 5.94. The number of nitriles is 1. The van der Waals surface area contributed by atoms with Crippen LogP contribution in [0.1, 0.15) is 11.3 Å². The molecule has 2 aromatic carbocycles. The first kappa shape index (κ1) is 17.6. The van der Waals surface area contributed by atoms with E-state index in [1.54, 1.807) is 12.1 Å². The maximum absolute atomic E-state index is 9.47. The van der Waals surface area contributed by atoms with Crippen molar-refractivity contribution in [3.05, 3.63) is 70.9 Å². The average Bonchev–Trinajstić information content (AvgIpc) is 3.14. The number of rotatable bonds is 4. The molecule has 0 saturated carbocycles. The van der Waals surface area contributed by atoms with Crippen molar-refractivity contribution in [3.63, 3.8) is 0 Å². The lowest BCUT2D eigenvalue weighted by atomic mass is 10.2. The Labute approximate surface area is 163 Å². The van der Waals surface area contributed by atoms with E-state index in [2.05, 4.69) is 45.1 Å². The number of benzene rings is 2. The molecule has 0 amide bonds. The molecule has 1 fully saturated rings. The fourth-order valence-electron chi connectivity index (χ4n) is 3.27. The minimum Gasteiger partial charge on any atom is -0.419 e. The topological polar surface area (TPSA) is 56.3 Å². The van der Waals surface area contributed by atoms with Crippen molar-refractivity contribution in [1.82, 2.24) is 9.88 Å². The number of hydrogen-bond donors (Lipinski definition) is 0. The molecule has 0 N–H and O–H groups in total. The van der Waals surface area contributed by atoms with Gasteiger partial charge in [-0.15, -0.1) is 0 Å². The third kappa shape index (κ3) is 3.97. The Kier molecular flexibility index (Phi) is 5.10. The van der Waals surface area contributed by atoms with Gasteiger partial charge in [0.15, 0.2) is 0 Å². The fourth-order valence-corrected chi connectivity index (χ4v) is 3.39. The van der Waals surface area contributed by atoms with Crippen LogP contribution in [-0.2, 0) is 6.54 Å². The van der Waals surface area contributed by atoms with Crippen LogP contribution in [0.3, 0.4) is 0 Å². The summed E-state index contributed by atoms with van der Waals surface area (Å²) in [6, 6.07) is 19.9. The molecule has 1 aliphatic heterocycles. The first-order valence-electron chi connectivity index (χ1n) is 8.91. The van der Waals surface area contributed by atoms with Crippen LogP contribution in [0.25, 0.3) is 11.5 Å². The van der Waals surface area contributed by atoms with Gasteiger partial charge in [0, 0.05) is 43.3 Å². The number of anilines is 1. The Hall–Kier alpha value is -2.81. The van der Waals surface area contributed by atoms with Gasteiger partial charge >= 0.3 is 0 Å². The van der Waals surface area contributed by atoms with Crippen LogP contribution in [0.2, 0.25) is 5.02 Å². The smallest absolute Gasteiger partial charge is 0.235 e. The third-order valence-electron chi connectivity index (χ3n) is 4.71. The second-order valence-electron chi connectivity index (χ2n) is 6.54. The fraction of sp³-hybridized carbons (Fsp3) is 0.238. The Bertz CT molecular complexity index is 939. The molecule has 0 unspecified atom stereocenters. The van der Waals surface area contributed by atoms with Crippen molar-refractivity contribution < 1.29 is 4.42 Å². The highest BCUT2D eigenvalue weighted by molar-refractivity contribution is 6.30. The lowest BCUT2D eigenvalue weighted by Gasteiger charge is -2.34. The molecule has 5 nitrogen and oxygen atoms in total. The highest BCUT2D eigenvalue weighted by Crippen LogP contribution is 2.29. The number of aromatic nitrogens is 1. The molecule has 27 heavy (non-hydrogen) atoms. The zero-order valence-corrected chi connectivity index (χ0v) is 15.6. The molecule has 0 bridgehead atoms. The number of nitrogens with zero attached hydrogens (tertiary/aromatic N) is 4. The van der Waals surface area contributed by atoms with Crippen molar-refractivity contribution >= 4 is 17.5 Å². The van der Waals surface area contributed by atoms with Crippen molar-refractivity contribution in [2.45, 2.75) is 6.54 Å². The highest BCUT2D eigenvalue weighted by Gasteiger charge is 2.24. The van der Waals surface area contributed by atoms with Gasteiger partial charge < -0.3 is 9.32 Å². The van der Waals surface area contributed by atoms with Gasteiger partial charge in [-0.05, 0) is 29.8 Å². The largest absolute Gasteiger partial charge is 0.419 e. The van der Waals surface area contributed by atoms with Gasteiger partial charge in [-0.3, -0.25) is 4.90 Å². The van der Waals surface area contributed by atoms with Crippen molar-refractivity contribution in [2.75, 3.05) is 31.1 Å². The Balaban J connectivity index is 1.46. The predicted molar refractivity (Wildman–Crippen MR) is 106 cm³/mol. The normalized spacial score (nSPS) is 14.9. The van der Waals surface area contributed by atoms with E-state index in [4.69, 9.17) is 16.0 Å². The summed E-state index contributed by atoms with van der Waals surface area (Å²) in [5, 5.41) is 10.1. The lowest BCUT2D eigenvalue weighted by Crippen LogP contribution is -2.46. The van der Waals surface area contributed by atoms with Gasteiger partial charge in [0.05, 0.1) is 0 Å². The number of hydrogen-bond acceptors (Lipinski definition) is 5. The molecule has 4 rings (SSSR count). The SMILES string of the molecule is N#Cc1nc(-c2ccc(Cl)cc2)oc1N1CCN(Cc2ccccc2)CC1. The van der Waals surface area contributed by atoms with Crippen molar-refractivity contribution in [1.29, 1.82) is 5.26 Å². The Morgan fingerprint density at radius 2 is 1.70 bits per heavy atom. The average molecular weight is 379 g/mol. The van der Waals surface area contributed by atoms with Crippen molar-refractivity contribution in [3.8, 4) is 17.5 Å². The summed E-state index contributed by atoms with van der Waals surface area (Å²) in [5.74, 6) is 1.01. The maximum atomic E-state index is 9.47. The lowest BCUT2D eigenvalue weighted by molar-refractivity contribution is 0.246. The van der Waals surface area contributed by atoms with E-state index >= 15 is 0 Å². The molecule has 1 saturated heterocycles. The monoisotopic (exact) mass is 378 g/mol. The van der Waals surface area contributed by atoms with E-state index < -0.39 is 0 Å². The van der Waals surface area contributed by atoms with Crippen LogP contribution in [0.5, 0.6) is 0 Å². The van der Waals surface area contributed by atoms with Gasteiger partial charge in [-0.1, -0.05) is 41.9 Å². The molecule has 136 valence electrons. The van der Waals surface area contributed by atoms with Crippen LogP contribution in [0.4, 0.5) is 5.88 Å². The van der Waals surface area contributed by atoms with E-state index in [1.165, 1.54) is 5.56 Å². The summed E-state index contributed by atoms with van der Waals surface area (Å²) in [4.78, 5) is 8.88. The van der Waals surface area contributed by atoms with E-state index in [0.717, 1.165) is 38.3 Å².